The third kappa shape index (κ3) is 9.07. The van der Waals surface area contributed by atoms with Gasteiger partial charge < -0.3 is 20.7 Å². The largest absolute Gasteiger partial charge is 0.460 e. The maximum absolute atomic E-state index is 13.2. The second kappa shape index (κ2) is 14.4. The Kier molecular flexibility index (Phi) is 11.3. The summed E-state index contributed by atoms with van der Waals surface area (Å²) in [5, 5.41) is 8.35. The van der Waals surface area contributed by atoms with Gasteiger partial charge in [0.15, 0.2) is 0 Å². The maximum Gasteiger partial charge on any atom is 0.329 e. The van der Waals surface area contributed by atoms with Crippen molar-refractivity contribution < 1.29 is 23.9 Å². The van der Waals surface area contributed by atoms with E-state index in [1.165, 1.54) is 21.6 Å². The Hall–Kier alpha value is -2.20. The Morgan fingerprint density at radius 1 is 0.857 bits per heavy atom. The molecule has 2 aliphatic heterocycles. The molecule has 0 saturated carbocycles. The van der Waals surface area contributed by atoms with Crippen LogP contribution in [0.4, 0.5) is 0 Å². The van der Waals surface area contributed by atoms with Gasteiger partial charge in [0.2, 0.25) is 17.7 Å². The monoisotopic (exact) mass is 521 g/mol. The topological polar surface area (TPSA) is 114 Å². The minimum Gasteiger partial charge on any atom is -0.460 e. The first kappa shape index (κ1) is 27.4. The van der Waals surface area contributed by atoms with Crippen molar-refractivity contribution in [3.05, 3.63) is 35.9 Å². The van der Waals surface area contributed by atoms with Crippen LogP contribution in [0.2, 0.25) is 0 Å². The lowest BCUT2D eigenvalue weighted by Gasteiger charge is -2.26. The molecule has 8 nitrogen and oxygen atoms in total. The van der Waals surface area contributed by atoms with Gasteiger partial charge in [0.1, 0.15) is 24.2 Å². The number of rotatable bonds is 8. The highest BCUT2D eigenvalue weighted by Crippen LogP contribution is 2.26. The molecule has 192 valence electrons. The Bertz CT molecular complexity index is 870. The van der Waals surface area contributed by atoms with Crippen molar-refractivity contribution >= 4 is 45.3 Å². The quantitative estimate of drug-likeness (QED) is 0.274. The van der Waals surface area contributed by atoms with E-state index in [1.807, 2.05) is 30.3 Å². The Balaban J connectivity index is 1.80. The summed E-state index contributed by atoms with van der Waals surface area (Å²) in [5.74, 6) is -1.01. The molecule has 2 heterocycles. The zero-order valence-electron chi connectivity index (χ0n) is 20.1. The first-order valence-electron chi connectivity index (χ1n) is 12.3. The first-order chi connectivity index (χ1) is 17.0. The van der Waals surface area contributed by atoms with Crippen LogP contribution in [-0.4, -0.2) is 59.4 Å². The Labute approximate surface area is 214 Å². The summed E-state index contributed by atoms with van der Waals surface area (Å²) in [6.07, 6.45) is 5.42. The predicted molar refractivity (Wildman–Crippen MR) is 139 cm³/mol. The Morgan fingerprint density at radius 2 is 1.54 bits per heavy atom. The van der Waals surface area contributed by atoms with E-state index in [-0.39, 0.29) is 12.3 Å². The minimum atomic E-state index is -0.849. The zero-order chi connectivity index (χ0) is 25.0. The van der Waals surface area contributed by atoms with Gasteiger partial charge in [-0.3, -0.25) is 14.4 Å². The van der Waals surface area contributed by atoms with Crippen LogP contribution >= 0.6 is 21.6 Å². The summed E-state index contributed by atoms with van der Waals surface area (Å²) in [6.45, 7) is 2.15. The summed E-state index contributed by atoms with van der Waals surface area (Å²) >= 11 is 0. The average molecular weight is 522 g/mol. The molecule has 3 N–H and O–H groups in total. The normalized spacial score (nSPS) is 26.1. The van der Waals surface area contributed by atoms with Gasteiger partial charge in [-0.2, -0.15) is 0 Å². The lowest BCUT2D eigenvalue weighted by atomic mass is 10.0. The lowest BCUT2D eigenvalue weighted by Crippen LogP contribution is -2.57. The highest BCUT2D eigenvalue weighted by Gasteiger charge is 2.34. The van der Waals surface area contributed by atoms with E-state index in [2.05, 4.69) is 22.9 Å². The number of hydrogen-bond donors (Lipinski definition) is 3. The number of carbonyl (C=O) groups is 4. The first-order valence-corrected chi connectivity index (χ1v) is 14.8. The van der Waals surface area contributed by atoms with Crippen LogP contribution in [0.3, 0.4) is 0 Å². The molecule has 2 aliphatic rings. The van der Waals surface area contributed by atoms with E-state index in [4.69, 9.17) is 4.74 Å². The molecule has 10 heteroatoms. The molecular weight excluding hydrogens is 486 g/mol. The molecule has 1 aromatic rings. The molecule has 2 bridgehead atoms. The van der Waals surface area contributed by atoms with Gasteiger partial charge >= 0.3 is 5.97 Å². The van der Waals surface area contributed by atoms with Crippen molar-refractivity contribution in [3.8, 4) is 0 Å². The molecule has 0 spiro atoms. The molecule has 0 aliphatic carbocycles. The predicted octanol–water partition coefficient (Wildman–Crippen LogP) is 2.75. The second-order valence-electron chi connectivity index (χ2n) is 8.97. The van der Waals surface area contributed by atoms with Gasteiger partial charge in [0.05, 0.1) is 6.42 Å². The van der Waals surface area contributed by atoms with Gasteiger partial charge in [-0.1, -0.05) is 84.5 Å². The van der Waals surface area contributed by atoms with Crippen LogP contribution in [0.25, 0.3) is 0 Å². The van der Waals surface area contributed by atoms with Crippen molar-refractivity contribution in [1.29, 1.82) is 0 Å². The van der Waals surface area contributed by atoms with Gasteiger partial charge in [-0.15, -0.1) is 0 Å². The molecule has 0 aromatic heterocycles. The number of amides is 3. The van der Waals surface area contributed by atoms with E-state index < -0.39 is 42.0 Å². The lowest BCUT2D eigenvalue weighted by molar-refractivity contribution is -0.154. The van der Waals surface area contributed by atoms with Crippen LogP contribution in [0.5, 0.6) is 0 Å². The van der Waals surface area contributed by atoms with E-state index >= 15 is 0 Å². The number of carbonyl (C=O) groups excluding carboxylic acids is 4. The average Bonchev–Trinajstić information content (AvgIpc) is 2.83. The van der Waals surface area contributed by atoms with Gasteiger partial charge in [0.25, 0.3) is 0 Å². The van der Waals surface area contributed by atoms with Crippen molar-refractivity contribution in [2.75, 3.05) is 11.5 Å². The molecule has 3 rings (SSSR count). The van der Waals surface area contributed by atoms with Crippen molar-refractivity contribution in [3.63, 3.8) is 0 Å². The highest BCUT2D eigenvalue weighted by molar-refractivity contribution is 8.76. The number of nitrogens with one attached hydrogen (secondary N) is 3. The zero-order valence-corrected chi connectivity index (χ0v) is 21.8. The van der Waals surface area contributed by atoms with Crippen molar-refractivity contribution in [2.45, 2.75) is 82.5 Å². The number of unbranched alkanes of at least 4 members (excludes halogenated alkanes) is 4. The molecule has 2 saturated heterocycles. The van der Waals surface area contributed by atoms with Gasteiger partial charge in [-0.25, -0.2) is 4.79 Å². The SMILES string of the molecule is CCCCCCCC1CC(=O)NC(Cc2ccccc2)C(=O)NC2CSSCC(NC2=O)C(=O)O1. The fraction of sp³-hybridized carbons (Fsp3) is 0.600. The van der Waals surface area contributed by atoms with E-state index in [0.717, 1.165) is 37.7 Å². The second-order valence-corrected chi connectivity index (χ2v) is 11.5. The molecular formula is C25H35N3O5S2. The number of hydrogen-bond acceptors (Lipinski definition) is 7. The van der Waals surface area contributed by atoms with Gasteiger partial charge in [-0.05, 0) is 18.4 Å². The van der Waals surface area contributed by atoms with Crippen LogP contribution < -0.4 is 16.0 Å². The van der Waals surface area contributed by atoms with Crippen LogP contribution in [0.1, 0.15) is 57.4 Å². The van der Waals surface area contributed by atoms with E-state index in [0.29, 0.717) is 24.3 Å². The number of benzene rings is 1. The molecule has 4 unspecified atom stereocenters. The number of cyclic esters (lactones) is 1. The summed E-state index contributed by atoms with van der Waals surface area (Å²) in [7, 11) is 2.88. The molecule has 35 heavy (non-hydrogen) atoms. The van der Waals surface area contributed by atoms with Crippen LogP contribution in [0.15, 0.2) is 30.3 Å². The molecule has 3 amide bonds. The fourth-order valence-corrected chi connectivity index (χ4v) is 6.38. The number of fused-ring (bicyclic) bond motifs is 3. The third-order valence-electron chi connectivity index (χ3n) is 6.05. The minimum absolute atomic E-state index is 0.0237. The van der Waals surface area contributed by atoms with Crippen LogP contribution in [-0.2, 0) is 30.3 Å². The summed E-state index contributed by atoms with van der Waals surface area (Å²) in [5.41, 5.74) is 0.892. The van der Waals surface area contributed by atoms with Gasteiger partial charge in [0, 0.05) is 17.9 Å². The molecule has 2 fully saturated rings. The standard InChI is InChI=1S/C25H35N3O5S2/c1-2-3-4-5-9-12-18-14-22(29)26-19(13-17-10-7-6-8-11-17)23(30)27-20-15-34-35-16-21(25(32)33-18)28-24(20)31/h6-8,10-11,18-21H,2-5,9,12-16H2,1H3,(H,26,29)(H,27,30)(H,28,31). The van der Waals surface area contributed by atoms with E-state index in [9.17, 15) is 19.2 Å². The smallest absolute Gasteiger partial charge is 0.329 e. The number of ether oxygens (including phenoxy) is 1. The molecule has 4 atom stereocenters. The highest BCUT2D eigenvalue weighted by atomic mass is 33.1. The van der Waals surface area contributed by atoms with Crippen molar-refractivity contribution in [1.82, 2.24) is 16.0 Å². The van der Waals surface area contributed by atoms with Crippen molar-refractivity contribution in [2.24, 2.45) is 0 Å². The number of esters is 1. The summed E-state index contributed by atoms with van der Waals surface area (Å²) in [4.78, 5) is 52.0. The van der Waals surface area contributed by atoms with E-state index in [1.54, 1.807) is 0 Å². The Morgan fingerprint density at radius 3 is 2.29 bits per heavy atom. The maximum atomic E-state index is 13.2. The summed E-state index contributed by atoms with van der Waals surface area (Å²) in [6, 6.07) is 6.92. The van der Waals surface area contributed by atoms with Crippen LogP contribution in [0, 0.1) is 0 Å². The third-order valence-corrected chi connectivity index (χ3v) is 8.47. The molecule has 0 radical (unpaired) electrons. The fourth-order valence-electron chi connectivity index (χ4n) is 4.07. The summed E-state index contributed by atoms with van der Waals surface area (Å²) < 4.78 is 5.75. The molecule has 1 aromatic carbocycles.